The highest BCUT2D eigenvalue weighted by atomic mass is 16.5. The van der Waals surface area contributed by atoms with E-state index in [4.69, 9.17) is 4.74 Å². The number of ether oxygens (including phenoxy) is 1. The van der Waals surface area contributed by atoms with Crippen LogP contribution in [0.5, 0.6) is 0 Å². The summed E-state index contributed by atoms with van der Waals surface area (Å²) in [6.07, 6.45) is 15.8. The van der Waals surface area contributed by atoms with Gasteiger partial charge in [-0.25, -0.2) is 0 Å². The maximum absolute atomic E-state index is 11.7. The van der Waals surface area contributed by atoms with Crippen molar-refractivity contribution in [2.24, 2.45) is 0 Å². The van der Waals surface area contributed by atoms with Crippen LogP contribution in [0.3, 0.4) is 0 Å². The Bertz CT molecular complexity index is 329. The number of carbonyl (C=O) groups excluding carboxylic acids is 2. The number of amides is 1. The van der Waals surface area contributed by atoms with E-state index in [2.05, 4.69) is 12.2 Å². The van der Waals surface area contributed by atoms with Crippen LogP contribution < -0.4 is 5.32 Å². The summed E-state index contributed by atoms with van der Waals surface area (Å²) < 4.78 is 5.05. The molecule has 0 saturated carbocycles. The smallest absolute Gasteiger partial charge is 0.306 e. The highest BCUT2D eigenvalue weighted by Crippen LogP contribution is 2.11. The summed E-state index contributed by atoms with van der Waals surface area (Å²) in [5.74, 6) is -0.0808. The molecule has 148 valence electrons. The van der Waals surface area contributed by atoms with Gasteiger partial charge in [-0.15, -0.1) is 0 Å². The molecule has 0 fully saturated rings. The molecule has 0 aliphatic carbocycles. The van der Waals surface area contributed by atoms with E-state index in [1.165, 1.54) is 57.8 Å². The van der Waals surface area contributed by atoms with Crippen LogP contribution in [0.25, 0.3) is 0 Å². The molecule has 1 amide bonds. The molecular formula is C21H41NO3. The van der Waals surface area contributed by atoms with Gasteiger partial charge in [0.25, 0.3) is 0 Å². The number of carbonyl (C=O) groups is 2. The van der Waals surface area contributed by atoms with E-state index in [0.29, 0.717) is 25.8 Å². The first-order chi connectivity index (χ1) is 12.1. The van der Waals surface area contributed by atoms with Crippen molar-refractivity contribution < 1.29 is 14.3 Å². The summed E-state index contributed by atoms with van der Waals surface area (Å²) in [6, 6.07) is 0. The van der Waals surface area contributed by atoms with Gasteiger partial charge < -0.3 is 10.1 Å². The molecule has 0 spiro atoms. The SMILES string of the molecule is CCCCCCCCCCCCCC(=O)NCCCC(=O)OC(C)C. The van der Waals surface area contributed by atoms with Crippen molar-refractivity contribution in [1.29, 1.82) is 0 Å². The highest BCUT2D eigenvalue weighted by Gasteiger charge is 2.06. The number of nitrogens with one attached hydrogen (secondary N) is 1. The predicted molar refractivity (Wildman–Crippen MR) is 105 cm³/mol. The zero-order valence-corrected chi connectivity index (χ0v) is 16.9. The summed E-state index contributed by atoms with van der Waals surface area (Å²) >= 11 is 0. The average molecular weight is 356 g/mol. The largest absolute Gasteiger partial charge is 0.463 e. The van der Waals surface area contributed by atoms with Crippen LogP contribution >= 0.6 is 0 Å². The zero-order chi connectivity index (χ0) is 18.8. The summed E-state index contributed by atoms with van der Waals surface area (Å²) in [7, 11) is 0. The quantitative estimate of drug-likeness (QED) is 0.275. The lowest BCUT2D eigenvalue weighted by molar-refractivity contribution is -0.147. The Balaban J connectivity index is 3.27. The Morgan fingerprint density at radius 1 is 0.760 bits per heavy atom. The van der Waals surface area contributed by atoms with Crippen LogP contribution in [-0.4, -0.2) is 24.5 Å². The van der Waals surface area contributed by atoms with E-state index in [1.54, 1.807) is 0 Å². The molecule has 0 saturated heterocycles. The minimum atomic E-state index is -0.186. The molecule has 0 aromatic carbocycles. The van der Waals surface area contributed by atoms with Crippen molar-refractivity contribution >= 4 is 11.9 Å². The first-order valence-electron chi connectivity index (χ1n) is 10.5. The molecule has 4 nitrogen and oxygen atoms in total. The van der Waals surface area contributed by atoms with E-state index in [9.17, 15) is 9.59 Å². The first kappa shape index (κ1) is 23.9. The number of rotatable bonds is 17. The summed E-state index contributed by atoms with van der Waals surface area (Å²) in [6.45, 7) is 6.49. The van der Waals surface area contributed by atoms with Gasteiger partial charge in [0.2, 0.25) is 5.91 Å². The van der Waals surface area contributed by atoms with Crippen LogP contribution in [0.2, 0.25) is 0 Å². The van der Waals surface area contributed by atoms with E-state index < -0.39 is 0 Å². The molecule has 0 atom stereocenters. The van der Waals surface area contributed by atoms with Gasteiger partial charge in [-0.05, 0) is 26.7 Å². The molecule has 0 aliphatic rings. The van der Waals surface area contributed by atoms with Crippen molar-refractivity contribution in [3.63, 3.8) is 0 Å². The predicted octanol–water partition coefficient (Wildman–Crippen LogP) is 5.54. The summed E-state index contributed by atoms with van der Waals surface area (Å²) in [4.78, 5) is 23.0. The molecule has 0 radical (unpaired) electrons. The van der Waals surface area contributed by atoms with Crippen molar-refractivity contribution in [3.05, 3.63) is 0 Å². The van der Waals surface area contributed by atoms with Crippen LogP contribution in [-0.2, 0) is 14.3 Å². The lowest BCUT2D eigenvalue weighted by Crippen LogP contribution is -2.24. The van der Waals surface area contributed by atoms with Crippen molar-refractivity contribution in [3.8, 4) is 0 Å². The fraction of sp³-hybridized carbons (Fsp3) is 0.905. The molecule has 0 aromatic heterocycles. The summed E-state index contributed by atoms with van der Waals surface area (Å²) in [5, 5.41) is 2.88. The Morgan fingerprint density at radius 3 is 1.80 bits per heavy atom. The van der Waals surface area contributed by atoms with Crippen molar-refractivity contribution in [2.45, 2.75) is 117 Å². The Kier molecular flexibility index (Phi) is 17.0. The van der Waals surface area contributed by atoms with E-state index >= 15 is 0 Å². The maximum Gasteiger partial charge on any atom is 0.306 e. The Morgan fingerprint density at radius 2 is 1.28 bits per heavy atom. The molecule has 1 N–H and O–H groups in total. The van der Waals surface area contributed by atoms with Crippen LogP contribution in [0.15, 0.2) is 0 Å². The molecule has 4 heteroatoms. The normalized spacial score (nSPS) is 10.9. The molecule has 0 bridgehead atoms. The standard InChI is InChI=1S/C21H41NO3/c1-4-5-6-7-8-9-10-11-12-13-14-16-20(23)22-18-15-17-21(24)25-19(2)3/h19H,4-18H2,1-3H3,(H,22,23). The number of hydrogen-bond donors (Lipinski definition) is 1. The molecule has 0 rings (SSSR count). The van der Waals surface area contributed by atoms with Crippen molar-refractivity contribution in [1.82, 2.24) is 5.32 Å². The summed E-state index contributed by atoms with van der Waals surface area (Å²) in [5.41, 5.74) is 0. The average Bonchev–Trinajstić information content (AvgIpc) is 2.56. The van der Waals surface area contributed by atoms with Gasteiger partial charge in [0.05, 0.1) is 6.10 Å². The lowest BCUT2D eigenvalue weighted by atomic mass is 10.1. The van der Waals surface area contributed by atoms with Crippen molar-refractivity contribution in [2.75, 3.05) is 6.54 Å². The van der Waals surface area contributed by atoms with Crippen LogP contribution in [0.1, 0.15) is 111 Å². The third-order valence-electron chi connectivity index (χ3n) is 4.25. The minimum absolute atomic E-state index is 0.0665. The van der Waals surface area contributed by atoms with E-state index in [1.807, 2.05) is 13.8 Å². The van der Waals surface area contributed by atoms with Gasteiger partial charge in [0.15, 0.2) is 0 Å². The second-order valence-electron chi connectivity index (χ2n) is 7.28. The van der Waals surface area contributed by atoms with Gasteiger partial charge in [-0.3, -0.25) is 9.59 Å². The van der Waals surface area contributed by atoms with Gasteiger partial charge in [-0.1, -0.05) is 71.1 Å². The monoisotopic (exact) mass is 355 g/mol. The number of unbranched alkanes of at least 4 members (excludes halogenated alkanes) is 10. The molecule has 0 aromatic rings. The third kappa shape index (κ3) is 19.1. The Hall–Kier alpha value is -1.06. The van der Waals surface area contributed by atoms with Gasteiger partial charge >= 0.3 is 5.97 Å². The number of esters is 1. The fourth-order valence-corrected chi connectivity index (χ4v) is 2.82. The van der Waals surface area contributed by atoms with E-state index in [0.717, 1.165) is 12.8 Å². The molecule has 0 unspecified atom stereocenters. The topological polar surface area (TPSA) is 55.4 Å². The van der Waals surface area contributed by atoms with Gasteiger partial charge in [-0.2, -0.15) is 0 Å². The van der Waals surface area contributed by atoms with E-state index in [-0.39, 0.29) is 18.0 Å². The van der Waals surface area contributed by atoms with Crippen LogP contribution in [0.4, 0.5) is 0 Å². The van der Waals surface area contributed by atoms with Crippen LogP contribution in [0, 0.1) is 0 Å². The Labute approximate surface area is 155 Å². The molecule has 25 heavy (non-hydrogen) atoms. The first-order valence-corrected chi connectivity index (χ1v) is 10.5. The second-order valence-corrected chi connectivity index (χ2v) is 7.28. The van der Waals surface area contributed by atoms with Gasteiger partial charge in [0, 0.05) is 19.4 Å². The number of hydrogen-bond acceptors (Lipinski definition) is 3. The lowest BCUT2D eigenvalue weighted by Gasteiger charge is -2.08. The molecular weight excluding hydrogens is 314 g/mol. The van der Waals surface area contributed by atoms with Gasteiger partial charge in [0.1, 0.15) is 0 Å². The maximum atomic E-state index is 11.7. The second kappa shape index (κ2) is 17.8. The zero-order valence-electron chi connectivity index (χ0n) is 16.9. The third-order valence-corrected chi connectivity index (χ3v) is 4.25. The molecule has 0 aliphatic heterocycles. The highest BCUT2D eigenvalue weighted by molar-refractivity contribution is 5.75. The minimum Gasteiger partial charge on any atom is -0.463 e. The fourth-order valence-electron chi connectivity index (χ4n) is 2.82. The molecule has 0 heterocycles.